The molecule has 3 rings (SSSR count). The summed E-state index contributed by atoms with van der Waals surface area (Å²) in [4.78, 5) is 18.3. The Morgan fingerprint density at radius 3 is 2.81 bits per heavy atom. The van der Waals surface area contributed by atoms with Gasteiger partial charge in [-0.1, -0.05) is 0 Å². The smallest absolute Gasteiger partial charge is 0.222 e. The zero-order chi connectivity index (χ0) is 22.7. The molecule has 0 saturated carbocycles. The molecule has 9 nitrogen and oxygen atoms in total. The van der Waals surface area contributed by atoms with Gasteiger partial charge in [-0.2, -0.15) is 0 Å². The van der Waals surface area contributed by atoms with Crippen molar-refractivity contribution in [3.05, 3.63) is 35.2 Å². The van der Waals surface area contributed by atoms with Gasteiger partial charge in [-0.3, -0.25) is 9.69 Å². The number of hydrogen-bond acceptors (Lipinski definition) is 7. The zero-order valence-electron chi connectivity index (χ0n) is 19.1. The van der Waals surface area contributed by atoms with Crippen molar-refractivity contribution < 1.29 is 14.1 Å². The van der Waals surface area contributed by atoms with Crippen molar-refractivity contribution in [1.82, 2.24) is 23.4 Å². The molecular formula is C21H32N6O3S. The Morgan fingerprint density at radius 2 is 2.16 bits per heavy atom. The standard InChI is InChI=1S/C21H32N6O3S/c1-14-9-18(11-21(22-14)30-6)10-17-7-8-26(13-17)15(2)19-12-20(23-16(3)28)27(24-19)31(29)25(4)5/h9,11-12,15,17H,7-8,10,13H2,1-6H3,(H,23,28)/t15?,17-,31?/m0/s1. The van der Waals surface area contributed by atoms with Crippen molar-refractivity contribution in [2.75, 3.05) is 39.6 Å². The first-order valence-corrected chi connectivity index (χ1v) is 11.5. The fourth-order valence-electron chi connectivity index (χ4n) is 3.96. The van der Waals surface area contributed by atoms with Crippen molar-refractivity contribution >= 4 is 23.3 Å². The van der Waals surface area contributed by atoms with Crippen molar-refractivity contribution in [1.29, 1.82) is 0 Å². The van der Waals surface area contributed by atoms with E-state index < -0.39 is 11.5 Å². The highest BCUT2D eigenvalue weighted by Crippen LogP contribution is 2.31. The molecule has 1 aliphatic heterocycles. The first-order valence-electron chi connectivity index (χ1n) is 10.4. The second-order valence-electron chi connectivity index (χ2n) is 8.24. The lowest BCUT2D eigenvalue weighted by atomic mass is 9.99. The summed E-state index contributed by atoms with van der Waals surface area (Å²) in [6, 6.07) is 5.99. The number of anilines is 1. The third kappa shape index (κ3) is 5.76. The van der Waals surface area contributed by atoms with Crippen molar-refractivity contribution in [3.63, 3.8) is 0 Å². The highest BCUT2D eigenvalue weighted by atomic mass is 32.2. The molecule has 3 heterocycles. The molecule has 1 amide bonds. The molecule has 0 aromatic carbocycles. The molecule has 10 heteroatoms. The minimum absolute atomic E-state index is 0.0478. The molecule has 2 aromatic heterocycles. The fourth-order valence-corrected chi connectivity index (χ4v) is 4.70. The monoisotopic (exact) mass is 448 g/mol. The quantitative estimate of drug-likeness (QED) is 0.618. The van der Waals surface area contributed by atoms with Crippen LogP contribution in [0.4, 0.5) is 5.82 Å². The number of nitrogens with one attached hydrogen (secondary N) is 1. The van der Waals surface area contributed by atoms with Crippen LogP contribution in [0.1, 0.15) is 43.3 Å². The third-order valence-electron chi connectivity index (χ3n) is 5.48. The van der Waals surface area contributed by atoms with Gasteiger partial charge >= 0.3 is 0 Å². The Morgan fingerprint density at radius 1 is 1.42 bits per heavy atom. The van der Waals surface area contributed by atoms with Crippen LogP contribution in [0.3, 0.4) is 0 Å². The zero-order valence-corrected chi connectivity index (χ0v) is 19.9. The molecule has 2 unspecified atom stereocenters. The van der Waals surface area contributed by atoms with Gasteiger partial charge in [-0.05, 0) is 54.9 Å². The van der Waals surface area contributed by atoms with Gasteiger partial charge in [0, 0.05) is 45.4 Å². The van der Waals surface area contributed by atoms with E-state index in [4.69, 9.17) is 4.74 Å². The van der Waals surface area contributed by atoms with Gasteiger partial charge in [-0.15, -0.1) is 9.40 Å². The highest BCUT2D eigenvalue weighted by molar-refractivity contribution is 7.87. The normalized spacial score (nSPS) is 18.9. The summed E-state index contributed by atoms with van der Waals surface area (Å²) in [7, 11) is 5.06. The first kappa shape index (κ1) is 23.5. The van der Waals surface area contributed by atoms with E-state index in [0.29, 0.717) is 17.6 Å². The molecule has 0 bridgehead atoms. The van der Waals surface area contributed by atoms with E-state index in [1.807, 2.05) is 19.1 Å². The summed E-state index contributed by atoms with van der Waals surface area (Å²) in [5, 5.41) is 7.30. The van der Waals surface area contributed by atoms with Gasteiger partial charge in [0.05, 0.1) is 18.8 Å². The molecule has 1 aliphatic rings. The lowest BCUT2D eigenvalue weighted by Gasteiger charge is -2.22. The number of carbonyl (C=O) groups excluding carboxylic acids is 1. The van der Waals surface area contributed by atoms with Crippen LogP contribution >= 0.6 is 0 Å². The topological polar surface area (TPSA) is 98.6 Å². The number of aromatic nitrogens is 3. The van der Waals surface area contributed by atoms with E-state index in [9.17, 15) is 9.35 Å². The van der Waals surface area contributed by atoms with Gasteiger partial charge in [0.1, 0.15) is 0 Å². The van der Waals surface area contributed by atoms with E-state index >= 15 is 0 Å². The Balaban J connectivity index is 1.71. The van der Waals surface area contributed by atoms with Crippen molar-refractivity contribution in [3.8, 4) is 5.88 Å². The fraction of sp³-hybridized carbons (Fsp3) is 0.571. The third-order valence-corrected chi connectivity index (χ3v) is 6.68. The van der Waals surface area contributed by atoms with E-state index in [-0.39, 0.29) is 11.9 Å². The minimum atomic E-state index is -1.51. The summed E-state index contributed by atoms with van der Waals surface area (Å²) < 4.78 is 20.8. The lowest BCUT2D eigenvalue weighted by molar-refractivity contribution is -0.114. The molecule has 2 aromatic rings. The molecule has 1 N–H and O–H groups in total. The second-order valence-corrected chi connectivity index (χ2v) is 9.78. The van der Waals surface area contributed by atoms with E-state index in [2.05, 4.69) is 33.3 Å². The molecular weight excluding hydrogens is 416 g/mol. The summed E-state index contributed by atoms with van der Waals surface area (Å²) in [6.07, 6.45) is 2.07. The molecule has 0 aliphatic carbocycles. The maximum absolute atomic E-state index is 12.6. The Labute approximate surface area is 187 Å². The lowest BCUT2D eigenvalue weighted by Crippen LogP contribution is -2.31. The average molecular weight is 449 g/mol. The predicted molar refractivity (Wildman–Crippen MR) is 121 cm³/mol. The van der Waals surface area contributed by atoms with Crippen LogP contribution in [0.5, 0.6) is 5.88 Å². The van der Waals surface area contributed by atoms with Crippen LogP contribution in [-0.4, -0.2) is 68.1 Å². The number of hydrogen-bond donors (Lipinski definition) is 1. The highest BCUT2D eigenvalue weighted by Gasteiger charge is 2.31. The van der Waals surface area contributed by atoms with Crippen LogP contribution in [0.15, 0.2) is 18.2 Å². The largest absolute Gasteiger partial charge is 0.572 e. The Hall–Kier alpha value is -2.14. The molecule has 31 heavy (non-hydrogen) atoms. The maximum atomic E-state index is 12.6. The minimum Gasteiger partial charge on any atom is -0.572 e. The Bertz CT molecular complexity index is 919. The maximum Gasteiger partial charge on any atom is 0.222 e. The molecule has 0 spiro atoms. The van der Waals surface area contributed by atoms with Crippen molar-refractivity contribution in [2.24, 2.45) is 5.92 Å². The van der Waals surface area contributed by atoms with E-state index in [1.54, 1.807) is 25.5 Å². The molecule has 1 fully saturated rings. The number of amides is 1. The molecule has 0 radical (unpaired) electrons. The van der Waals surface area contributed by atoms with Gasteiger partial charge in [0.2, 0.25) is 11.8 Å². The predicted octanol–water partition coefficient (Wildman–Crippen LogP) is 2.17. The number of rotatable bonds is 8. The number of likely N-dealkylation sites (tertiary alicyclic amines) is 1. The number of ether oxygens (including phenoxy) is 1. The number of carbonyl (C=O) groups is 1. The van der Waals surface area contributed by atoms with Gasteiger partial charge in [0.25, 0.3) is 0 Å². The number of pyridine rings is 1. The molecule has 170 valence electrons. The van der Waals surface area contributed by atoms with Crippen LogP contribution in [-0.2, 0) is 22.8 Å². The summed E-state index contributed by atoms with van der Waals surface area (Å²) >= 11 is -1.51. The van der Waals surface area contributed by atoms with Gasteiger partial charge < -0.3 is 14.6 Å². The molecule has 3 atom stereocenters. The second kappa shape index (κ2) is 9.99. The van der Waals surface area contributed by atoms with Crippen molar-refractivity contribution in [2.45, 2.75) is 39.7 Å². The summed E-state index contributed by atoms with van der Waals surface area (Å²) in [5.41, 5.74) is 2.99. The van der Waals surface area contributed by atoms with Gasteiger partial charge in [0.15, 0.2) is 17.4 Å². The van der Waals surface area contributed by atoms with E-state index in [1.165, 1.54) is 16.6 Å². The Kier molecular flexibility index (Phi) is 7.58. The van der Waals surface area contributed by atoms with Crippen LogP contribution < -0.4 is 10.1 Å². The summed E-state index contributed by atoms with van der Waals surface area (Å²) in [5.74, 6) is 1.40. The van der Waals surface area contributed by atoms with Crippen LogP contribution in [0, 0.1) is 12.8 Å². The molecule has 1 saturated heterocycles. The first-order chi connectivity index (χ1) is 14.7. The summed E-state index contributed by atoms with van der Waals surface area (Å²) in [6.45, 7) is 7.43. The number of nitrogens with zero attached hydrogens (tertiary/aromatic N) is 5. The van der Waals surface area contributed by atoms with Gasteiger partial charge in [-0.25, -0.2) is 4.98 Å². The van der Waals surface area contributed by atoms with E-state index in [0.717, 1.165) is 37.3 Å². The number of aryl methyl sites for hydroxylation is 1. The van der Waals surface area contributed by atoms with Crippen LogP contribution in [0.25, 0.3) is 0 Å². The SMILES string of the molecule is COc1cc(C[C@@H]2CCN(C(C)c3cc(NC(C)=O)n([S+]([O-])N(C)C)n3)C2)cc(C)n1. The number of methoxy groups -OCH3 is 1. The van der Waals surface area contributed by atoms with Crippen LogP contribution in [0.2, 0.25) is 0 Å². The average Bonchev–Trinajstić information content (AvgIpc) is 3.33.